The van der Waals surface area contributed by atoms with E-state index >= 15 is 0 Å². The van der Waals surface area contributed by atoms with E-state index in [0.717, 1.165) is 22.2 Å². The molecule has 6 nitrogen and oxygen atoms in total. The summed E-state index contributed by atoms with van der Waals surface area (Å²) in [5.74, 6) is -0.0834. The maximum absolute atomic E-state index is 13.0. The van der Waals surface area contributed by atoms with E-state index in [2.05, 4.69) is 4.98 Å². The van der Waals surface area contributed by atoms with Gasteiger partial charge in [-0.25, -0.2) is 8.42 Å². The Hall–Kier alpha value is -2.35. The molecule has 8 heteroatoms. The number of halogens is 1. The number of H-pyrrole nitrogens is 1. The van der Waals surface area contributed by atoms with Crippen LogP contribution in [-0.4, -0.2) is 54.7 Å². The van der Waals surface area contributed by atoms with Gasteiger partial charge in [0, 0.05) is 48.3 Å². The zero-order valence-electron chi connectivity index (χ0n) is 16.3. The van der Waals surface area contributed by atoms with Crippen LogP contribution in [0.3, 0.4) is 0 Å². The van der Waals surface area contributed by atoms with E-state index < -0.39 is 10.0 Å². The number of piperazine rings is 1. The minimum atomic E-state index is -3.68. The molecule has 0 saturated carbocycles. The second kappa shape index (κ2) is 7.48. The third kappa shape index (κ3) is 3.54. The van der Waals surface area contributed by atoms with Gasteiger partial charge in [0.2, 0.25) is 10.0 Å². The lowest BCUT2D eigenvalue weighted by Crippen LogP contribution is -2.50. The number of carbonyl (C=O) groups is 1. The molecule has 0 aliphatic carbocycles. The van der Waals surface area contributed by atoms with Gasteiger partial charge in [-0.1, -0.05) is 23.7 Å². The Kier molecular flexibility index (Phi) is 5.14. The smallest absolute Gasteiger partial charge is 0.253 e. The van der Waals surface area contributed by atoms with Gasteiger partial charge >= 0.3 is 0 Å². The molecule has 0 unspecified atom stereocenters. The minimum Gasteiger partial charge on any atom is -0.358 e. The Balaban J connectivity index is 1.50. The molecule has 2 aromatic carbocycles. The fourth-order valence-electron chi connectivity index (χ4n) is 3.70. The van der Waals surface area contributed by atoms with Crippen molar-refractivity contribution in [3.05, 3.63) is 64.3 Å². The highest BCUT2D eigenvalue weighted by molar-refractivity contribution is 7.89. The normalized spacial score (nSPS) is 15.8. The maximum atomic E-state index is 13.0. The first kappa shape index (κ1) is 19.9. The van der Waals surface area contributed by atoms with Crippen LogP contribution in [0.15, 0.2) is 47.4 Å². The summed E-state index contributed by atoms with van der Waals surface area (Å²) in [4.78, 5) is 18.1. The molecule has 29 heavy (non-hydrogen) atoms. The summed E-state index contributed by atoms with van der Waals surface area (Å²) in [5.41, 5.74) is 3.84. The molecular weight excluding hydrogens is 410 g/mol. The van der Waals surface area contributed by atoms with E-state index in [1.165, 1.54) is 10.4 Å². The average molecular weight is 432 g/mol. The van der Waals surface area contributed by atoms with Gasteiger partial charge in [-0.2, -0.15) is 4.31 Å². The second-order valence-corrected chi connectivity index (χ2v) is 9.58. The Bertz CT molecular complexity index is 1200. The standard InChI is InChI=1S/C21H22ClN3O3S/c1-14-15(2)23-19-8-7-16(13-17(14)19)21(26)24-9-11-25(12-10-24)29(27,28)20-6-4-3-5-18(20)22/h3-8,13,23H,9-12H2,1-2H3. The van der Waals surface area contributed by atoms with Crippen molar-refractivity contribution in [2.24, 2.45) is 0 Å². The SMILES string of the molecule is Cc1[nH]c2ccc(C(=O)N3CCN(S(=O)(=O)c4ccccc4Cl)CC3)cc2c1C. The number of benzene rings is 2. The van der Waals surface area contributed by atoms with E-state index in [9.17, 15) is 13.2 Å². The third-order valence-corrected chi connectivity index (χ3v) is 7.93. The van der Waals surface area contributed by atoms with E-state index in [4.69, 9.17) is 11.6 Å². The predicted molar refractivity (Wildman–Crippen MR) is 114 cm³/mol. The van der Waals surface area contributed by atoms with Crippen molar-refractivity contribution in [3.63, 3.8) is 0 Å². The molecule has 0 bridgehead atoms. The van der Waals surface area contributed by atoms with Crippen molar-refractivity contribution >= 4 is 38.4 Å². The van der Waals surface area contributed by atoms with Gasteiger partial charge in [0.15, 0.2) is 0 Å². The van der Waals surface area contributed by atoms with Gasteiger partial charge in [0.1, 0.15) is 4.90 Å². The van der Waals surface area contributed by atoms with Crippen LogP contribution in [0.2, 0.25) is 5.02 Å². The fourth-order valence-corrected chi connectivity index (χ4v) is 5.62. The molecule has 1 N–H and O–H groups in total. The van der Waals surface area contributed by atoms with Crippen molar-refractivity contribution in [1.82, 2.24) is 14.2 Å². The molecule has 0 atom stereocenters. The second-order valence-electron chi connectivity index (χ2n) is 7.26. The summed E-state index contributed by atoms with van der Waals surface area (Å²) in [6.45, 7) is 5.20. The molecule has 2 heterocycles. The largest absolute Gasteiger partial charge is 0.358 e. The van der Waals surface area contributed by atoms with Crippen LogP contribution in [0.4, 0.5) is 0 Å². The molecule has 4 rings (SSSR count). The number of sulfonamides is 1. The van der Waals surface area contributed by atoms with Crippen LogP contribution in [-0.2, 0) is 10.0 Å². The number of aromatic amines is 1. The lowest BCUT2D eigenvalue weighted by molar-refractivity contribution is 0.0698. The Morgan fingerprint density at radius 3 is 2.41 bits per heavy atom. The average Bonchev–Trinajstić information content (AvgIpc) is 3.01. The molecule has 0 spiro atoms. The third-order valence-electron chi connectivity index (χ3n) is 5.54. The van der Waals surface area contributed by atoms with Crippen LogP contribution in [0.5, 0.6) is 0 Å². The van der Waals surface area contributed by atoms with E-state index in [1.807, 2.05) is 32.0 Å². The van der Waals surface area contributed by atoms with Crippen molar-refractivity contribution < 1.29 is 13.2 Å². The Morgan fingerprint density at radius 2 is 1.72 bits per heavy atom. The molecule has 1 aliphatic rings. The summed E-state index contributed by atoms with van der Waals surface area (Å²) in [6, 6.07) is 12.1. The number of hydrogen-bond donors (Lipinski definition) is 1. The van der Waals surface area contributed by atoms with Gasteiger partial charge in [-0.05, 0) is 49.7 Å². The topological polar surface area (TPSA) is 73.5 Å². The van der Waals surface area contributed by atoms with Gasteiger partial charge in [-0.3, -0.25) is 4.79 Å². The van der Waals surface area contributed by atoms with Crippen LogP contribution in [0.1, 0.15) is 21.6 Å². The number of hydrogen-bond acceptors (Lipinski definition) is 3. The van der Waals surface area contributed by atoms with Gasteiger partial charge in [0.25, 0.3) is 5.91 Å². The summed E-state index contributed by atoms with van der Waals surface area (Å²) in [5, 5.41) is 1.24. The first-order valence-electron chi connectivity index (χ1n) is 9.42. The van der Waals surface area contributed by atoms with Crippen LogP contribution in [0.25, 0.3) is 10.9 Å². The quantitative estimate of drug-likeness (QED) is 0.688. The molecule has 1 aliphatic heterocycles. The maximum Gasteiger partial charge on any atom is 0.253 e. The number of amides is 1. The molecule has 152 valence electrons. The molecule has 1 aromatic heterocycles. The van der Waals surface area contributed by atoms with Crippen molar-refractivity contribution in [2.45, 2.75) is 18.7 Å². The number of nitrogens with zero attached hydrogens (tertiary/aromatic N) is 2. The summed E-state index contributed by atoms with van der Waals surface area (Å²) in [6.07, 6.45) is 0. The van der Waals surface area contributed by atoms with Crippen molar-refractivity contribution in [1.29, 1.82) is 0 Å². The first-order valence-corrected chi connectivity index (χ1v) is 11.2. The number of nitrogens with one attached hydrogen (secondary N) is 1. The number of fused-ring (bicyclic) bond motifs is 1. The molecule has 0 radical (unpaired) electrons. The minimum absolute atomic E-state index is 0.0834. The number of aromatic nitrogens is 1. The zero-order chi connectivity index (χ0) is 20.8. The highest BCUT2D eigenvalue weighted by Gasteiger charge is 2.31. The first-order chi connectivity index (χ1) is 13.8. The number of carbonyl (C=O) groups excluding carboxylic acids is 1. The van der Waals surface area contributed by atoms with Crippen LogP contribution >= 0.6 is 11.6 Å². The zero-order valence-corrected chi connectivity index (χ0v) is 17.8. The number of rotatable bonds is 3. The van der Waals surface area contributed by atoms with Gasteiger partial charge in [-0.15, -0.1) is 0 Å². The lowest BCUT2D eigenvalue weighted by Gasteiger charge is -2.34. The Morgan fingerprint density at radius 1 is 1.03 bits per heavy atom. The van der Waals surface area contributed by atoms with Gasteiger partial charge < -0.3 is 9.88 Å². The molecule has 1 fully saturated rings. The predicted octanol–water partition coefficient (Wildman–Crippen LogP) is 3.58. The number of aryl methyl sites for hydroxylation is 2. The van der Waals surface area contributed by atoms with Crippen molar-refractivity contribution in [3.8, 4) is 0 Å². The Labute approximate surface area is 175 Å². The highest BCUT2D eigenvalue weighted by Crippen LogP contribution is 2.26. The van der Waals surface area contributed by atoms with E-state index in [1.54, 1.807) is 23.1 Å². The van der Waals surface area contributed by atoms with E-state index in [-0.39, 0.29) is 28.9 Å². The fraction of sp³-hybridized carbons (Fsp3) is 0.286. The highest BCUT2D eigenvalue weighted by atomic mass is 35.5. The molecule has 3 aromatic rings. The lowest BCUT2D eigenvalue weighted by atomic mass is 10.1. The summed E-state index contributed by atoms with van der Waals surface area (Å²) in [7, 11) is -3.68. The van der Waals surface area contributed by atoms with Crippen LogP contribution in [0, 0.1) is 13.8 Å². The van der Waals surface area contributed by atoms with Crippen LogP contribution < -0.4 is 0 Å². The monoisotopic (exact) mass is 431 g/mol. The van der Waals surface area contributed by atoms with Gasteiger partial charge in [0.05, 0.1) is 5.02 Å². The summed E-state index contributed by atoms with van der Waals surface area (Å²) >= 11 is 6.08. The molecule has 1 amide bonds. The van der Waals surface area contributed by atoms with Crippen molar-refractivity contribution in [2.75, 3.05) is 26.2 Å². The molecule has 1 saturated heterocycles. The van der Waals surface area contributed by atoms with E-state index in [0.29, 0.717) is 18.7 Å². The molecular formula is C21H22ClN3O3S. The summed E-state index contributed by atoms with van der Waals surface area (Å²) < 4.78 is 27.1.